The quantitative estimate of drug-likeness (QED) is 0.874. The monoisotopic (exact) mass is 252 g/mol. The predicted octanol–water partition coefficient (Wildman–Crippen LogP) is 4.04. The van der Waals surface area contributed by atoms with Gasteiger partial charge in [-0.3, -0.25) is 0 Å². The summed E-state index contributed by atoms with van der Waals surface area (Å²) in [6.45, 7) is 6.42. The van der Waals surface area contributed by atoms with Gasteiger partial charge in [-0.1, -0.05) is 54.1 Å². The standard InChI is InChI=1S/C18H20O/c1-13-11-14(2)18(15(3)12-13)17(9-10-19)16-7-5-4-6-8-16/h4-9,11-12,19H,10H2,1-3H3. The maximum absolute atomic E-state index is 9.32. The zero-order valence-electron chi connectivity index (χ0n) is 11.8. The molecule has 0 saturated heterocycles. The first kappa shape index (κ1) is 13.6. The topological polar surface area (TPSA) is 20.2 Å². The van der Waals surface area contributed by atoms with Gasteiger partial charge in [0.25, 0.3) is 0 Å². The van der Waals surface area contributed by atoms with Gasteiger partial charge in [0, 0.05) is 0 Å². The van der Waals surface area contributed by atoms with E-state index in [9.17, 15) is 5.11 Å². The fourth-order valence-electron chi connectivity index (χ4n) is 2.68. The highest BCUT2D eigenvalue weighted by atomic mass is 16.2. The van der Waals surface area contributed by atoms with Gasteiger partial charge in [-0.15, -0.1) is 0 Å². The number of aryl methyl sites for hydroxylation is 3. The molecule has 2 rings (SSSR count). The Morgan fingerprint density at radius 2 is 1.58 bits per heavy atom. The third-order valence-corrected chi connectivity index (χ3v) is 3.33. The van der Waals surface area contributed by atoms with E-state index in [2.05, 4.69) is 45.0 Å². The summed E-state index contributed by atoms with van der Waals surface area (Å²) >= 11 is 0. The number of benzene rings is 2. The van der Waals surface area contributed by atoms with Gasteiger partial charge in [0.05, 0.1) is 6.61 Å². The molecule has 0 fully saturated rings. The number of rotatable bonds is 3. The van der Waals surface area contributed by atoms with E-state index in [1.807, 2.05) is 24.3 Å². The highest BCUT2D eigenvalue weighted by molar-refractivity contribution is 5.83. The second-order valence-corrected chi connectivity index (χ2v) is 4.94. The van der Waals surface area contributed by atoms with Gasteiger partial charge in [-0.2, -0.15) is 0 Å². The number of hydrogen-bond donors (Lipinski definition) is 1. The molecule has 0 spiro atoms. The van der Waals surface area contributed by atoms with Gasteiger partial charge >= 0.3 is 0 Å². The van der Waals surface area contributed by atoms with Crippen molar-refractivity contribution in [3.8, 4) is 0 Å². The van der Waals surface area contributed by atoms with Crippen molar-refractivity contribution in [2.24, 2.45) is 0 Å². The summed E-state index contributed by atoms with van der Waals surface area (Å²) in [5.41, 5.74) is 7.26. The van der Waals surface area contributed by atoms with Gasteiger partial charge in [0.1, 0.15) is 0 Å². The van der Waals surface area contributed by atoms with Crippen molar-refractivity contribution in [1.29, 1.82) is 0 Å². The minimum Gasteiger partial charge on any atom is -0.392 e. The van der Waals surface area contributed by atoms with Gasteiger partial charge < -0.3 is 5.11 Å². The molecule has 19 heavy (non-hydrogen) atoms. The molecule has 2 aromatic carbocycles. The highest BCUT2D eigenvalue weighted by Crippen LogP contribution is 2.29. The summed E-state index contributed by atoms with van der Waals surface area (Å²) in [6, 6.07) is 14.6. The Morgan fingerprint density at radius 3 is 2.11 bits per heavy atom. The Morgan fingerprint density at radius 1 is 1.00 bits per heavy atom. The minimum atomic E-state index is 0.0526. The van der Waals surface area contributed by atoms with E-state index >= 15 is 0 Å². The summed E-state index contributed by atoms with van der Waals surface area (Å²) in [4.78, 5) is 0. The molecular weight excluding hydrogens is 232 g/mol. The smallest absolute Gasteiger partial charge is 0.0621 e. The minimum absolute atomic E-state index is 0.0526. The fourth-order valence-corrected chi connectivity index (χ4v) is 2.68. The summed E-state index contributed by atoms with van der Waals surface area (Å²) in [5.74, 6) is 0. The third kappa shape index (κ3) is 2.94. The van der Waals surface area contributed by atoms with Gasteiger partial charge in [0.15, 0.2) is 0 Å². The molecular formula is C18H20O. The number of aliphatic hydroxyl groups excluding tert-OH is 1. The van der Waals surface area contributed by atoms with Crippen molar-refractivity contribution in [3.63, 3.8) is 0 Å². The Balaban J connectivity index is 2.62. The lowest BCUT2D eigenvalue weighted by Crippen LogP contribution is -1.97. The van der Waals surface area contributed by atoms with Crippen LogP contribution in [0.5, 0.6) is 0 Å². The van der Waals surface area contributed by atoms with Crippen molar-refractivity contribution in [3.05, 3.63) is 76.4 Å². The van der Waals surface area contributed by atoms with Crippen molar-refractivity contribution in [1.82, 2.24) is 0 Å². The van der Waals surface area contributed by atoms with Crippen LogP contribution in [0.3, 0.4) is 0 Å². The molecule has 0 aliphatic rings. The molecule has 1 nitrogen and oxygen atoms in total. The van der Waals surface area contributed by atoms with E-state index in [1.165, 1.54) is 22.3 Å². The first-order chi connectivity index (χ1) is 9.13. The van der Waals surface area contributed by atoms with Crippen molar-refractivity contribution in [2.45, 2.75) is 20.8 Å². The van der Waals surface area contributed by atoms with E-state index in [0.717, 1.165) is 11.1 Å². The molecule has 0 bridgehead atoms. The predicted molar refractivity (Wildman–Crippen MR) is 81.3 cm³/mol. The van der Waals surface area contributed by atoms with Crippen molar-refractivity contribution in [2.75, 3.05) is 6.61 Å². The van der Waals surface area contributed by atoms with Crippen LogP contribution in [0.15, 0.2) is 48.5 Å². The van der Waals surface area contributed by atoms with Gasteiger partial charge in [-0.05, 0) is 48.6 Å². The second-order valence-electron chi connectivity index (χ2n) is 4.94. The average molecular weight is 252 g/mol. The number of aliphatic hydroxyl groups is 1. The Hall–Kier alpha value is -1.86. The van der Waals surface area contributed by atoms with E-state index in [1.54, 1.807) is 0 Å². The van der Waals surface area contributed by atoms with E-state index < -0.39 is 0 Å². The fraction of sp³-hybridized carbons (Fsp3) is 0.222. The normalized spacial score (nSPS) is 11.7. The van der Waals surface area contributed by atoms with Crippen LogP contribution in [0.2, 0.25) is 0 Å². The van der Waals surface area contributed by atoms with Crippen molar-refractivity contribution >= 4 is 5.57 Å². The molecule has 2 aromatic rings. The molecule has 0 radical (unpaired) electrons. The van der Waals surface area contributed by atoms with Crippen molar-refractivity contribution < 1.29 is 5.11 Å². The van der Waals surface area contributed by atoms with Crippen LogP contribution in [0, 0.1) is 20.8 Å². The SMILES string of the molecule is Cc1cc(C)c(C(=CCO)c2ccccc2)c(C)c1. The average Bonchev–Trinajstić information content (AvgIpc) is 2.37. The van der Waals surface area contributed by atoms with Crippen LogP contribution < -0.4 is 0 Å². The van der Waals surface area contributed by atoms with E-state index in [4.69, 9.17) is 0 Å². The lowest BCUT2D eigenvalue weighted by Gasteiger charge is -2.15. The molecule has 0 unspecified atom stereocenters. The van der Waals surface area contributed by atoms with Crippen LogP contribution in [0.25, 0.3) is 5.57 Å². The zero-order chi connectivity index (χ0) is 13.8. The Labute approximate surface area is 115 Å². The molecule has 0 aliphatic carbocycles. The first-order valence-corrected chi connectivity index (χ1v) is 6.58. The van der Waals surface area contributed by atoms with Crippen LogP contribution >= 0.6 is 0 Å². The largest absolute Gasteiger partial charge is 0.392 e. The molecule has 0 amide bonds. The first-order valence-electron chi connectivity index (χ1n) is 6.58. The molecule has 0 saturated carbocycles. The third-order valence-electron chi connectivity index (χ3n) is 3.33. The van der Waals surface area contributed by atoms with Crippen LogP contribution in [0.1, 0.15) is 27.8 Å². The van der Waals surface area contributed by atoms with Crippen LogP contribution in [-0.2, 0) is 0 Å². The lowest BCUT2D eigenvalue weighted by atomic mass is 9.89. The van der Waals surface area contributed by atoms with Crippen LogP contribution in [-0.4, -0.2) is 11.7 Å². The lowest BCUT2D eigenvalue weighted by molar-refractivity contribution is 0.343. The van der Waals surface area contributed by atoms with E-state index in [-0.39, 0.29) is 6.61 Å². The Bertz CT molecular complexity index is 571. The molecule has 98 valence electrons. The zero-order valence-corrected chi connectivity index (χ0v) is 11.8. The molecule has 0 heterocycles. The maximum Gasteiger partial charge on any atom is 0.0621 e. The summed E-state index contributed by atoms with van der Waals surface area (Å²) in [6.07, 6.45) is 1.89. The van der Waals surface area contributed by atoms with E-state index in [0.29, 0.717) is 0 Å². The molecule has 0 atom stereocenters. The molecule has 0 aliphatic heterocycles. The van der Waals surface area contributed by atoms with Crippen LogP contribution in [0.4, 0.5) is 0 Å². The maximum atomic E-state index is 9.32. The second kappa shape index (κ2) is 5.85. The molecule has 1 N–H and O–H groups in total. The highest BCUT2D eigenvalue weighted by Gasteiger charge is 2.10. The molecule has 0 aromatic heterocycles. The van der Waals surface area contributed by atoms with Gasteiger partial charge in [-0.25, -0.2) is 0 Å². The summed E-state index contributed by atoms with van der Waals surface area (Å²) < 4.78 is 0. The number of hydrogen-bond acceptors (Lipinski definition) is 1. The van der Waals surface area contributed by atoms with Gasteiger partial charge in [0.2, 0.25) is 0 Å². The molecule has 1 heteroatoms. The summed E-state index contributed by atoms with van der Waals surface area (Å²) in [5, 5.41) is 9.32. The Kier molecular flexibility index (Phi) is 4.18. The summed E-state index contributed by atoms with van der Waals surface area (Å²) in [7, 11) is 0.